The fourth-order valence-electron chi connectivity index (χ4n) is 6.12. The zero-order chi connectivity index (χ0) is 29.3. The largest absolute Gasteiger partial charge is 0.377 e. The van der Waals surface area contributed by atoms with Crippen LogP contribution in [0.2, 0.25) is 0 Å². The van der Waals surface area contributed by atoms with E-state index in [0.29, 0.717) is 0 Å². The summed E-state index contributed by atoms with van der Waals surface area (Å²) < 4.78 is 0. The molecule has 6 aromatic rings. The maximum absolute atomic E-state index is 4.92. The van der Waals surface area contributed by atoms with Crippen molar-refractivity contribution < 1.29 is 0 Å². The molecule has 0 saturated carbocycles. The van der Waals surface area contributed by atoms with E-state index < -0.39 is 5.41 Å². The fourth-order valence-corrected chi connectivity index (χ4v) is 6.12. The first-order chi connectivity index (χ1) is 21.3. The van der Waals surface area contributed by atoms with Crippen LogP contribution in [0.5, 0.6) is 0 Å². The molecule has 0 aromatic heterocycles. The SMILES string of the molecule is CCC(Nc1c(C=Nc2ccccc2)cccc1C(c1ccccc1)(c1ccccc1)c1ccccc1)c1ccccc1. The van der Waals surface area contributed by atoms with Crippen molar-refractivity contribution in [1.82, 2.24) is 0 Å². The van der Waals surface area contributed by atoms with E-state index in [9.17, 15) is 0 Å². The van der Waals surface area contributed by atoms with Crippen molar-refractivity contribution in [2.45, 2.75) is 24.8 Å². The van der Waals surface area contributed by atoms with Crippen LogP contribution in [-0.2, 0) is 5.41 Å². The van der Waals surface area contributed by atoms with Crippen molar-refractivity contribution in [1.29, 1.82) is 0 Å². The van der Waals surface area contributed by atoms with Gasteiger partial charge in [-0.05, 0) is 46.4 Å². The van der Waals surface area contributed by atoms with E-state index in [0.717, 1.165) is 23.4 Å². The third kappa shape index (κ3) is 5.78. The Morgan fingerprint density at radius 1 is 0.558 bits per heavy atom. The van der Waals surface area contributed by atoms with Gasteiger partial charge >= 0.3 is 0 Å². The number of para-hydroxylation sites is 2. The zero-order valence-electron chi connectivity index (χ0n) is 24.5. The minimum absolute atomic E-state index is 0.117. The molecule has 0 bridgehead atoms. The Labute approximate surface area is 255 Å². The standard InChI is InChI=1S/C41H36N2/c1-2-39(32-19-8-3-9-20-32)43-40-33(31-42-37-28-16-7-17-29-37)21-18-30-38(40)41(34-22-10-4-11-23-34,35-24-12-5-13-25-35)36-26-14-6-15-27-36/h3-31,39,43H,2H2,1H3. The summed E-state index contributed by atoms with van der Waals surface area (Å²) in [7, 11) is 0. The second-order valence-corrected chi connectivity index (χ2v) is 10.7. The number of nitrogens with one attached hydrogen (secondary N) is 1. The van der Waals surface area contributed by atoms with Crippen LogP contribution >= 0.6 is 0 Å². The van der Waals surface area contributed by atoms with Gasteiger partial charge in [-0.3, -0.25) is 4.99 Å². The van der Waals surface area contributed by atoms with Crippen LogP contribution in [0.15, 0.2) is 175 Å². The Bertz CT molecular complexity index is 1650. The van der Waals surface area contributed by atoms with Crippen LogP contribution in [0.1, 0.15) is 52.8 Å². The van der Waals surface area contributed by atoms with Crippen LogP contribution in [0.3, 0.4) is 0 Å². The number of rotatable bonds is 10. The molecule has 1 unspecified atom stereocenters. The molecule has 2 nitrogen and oxygen atoms in total. The van der Waals surface area contributed by atoms with E-state index in [4.69, 9.17) is 4.99 Å². The van der Waals surface area contributed by atoms with Crippen molar-refractivity contribution in [3.05, 3.63) is 203 Å². The summed E-state index contributed by atoms with van der Waals surface area (Å²) in [6, 6.07) is 60.2. The summed E-state index contributed by atoms with van der Waals surface area (Å²) in [4.78, 5) is 4.92. The lowest BCUT2D eigenvalue weighted by atomic mass is 9.64. The van der Waals surface area contributed by atoms with Crippen LogP contribution < -0.4 is 5.32 Å². The van der Waals surface area contributed by atoms with Gasteiger partial charge < -0.3 is 5.32 Å². The zero-order valence-corrected chi connectivity index (χ0v) is 24.5. The highest BCUT2D eigenvalue weighted by molar-refractivity contribution is 5.92. The first-order valence-electron chi connectivity index (χ1n) is 15.0. The summed E-state index contributed by atoms with van der Waals surface area (Å²) in [5.41, 5.74) is 8.53. The highest BCUT2D eigenvalue weighted by Gasteiger charge is 2.40. The van der Waals surface area contributed by atoms with Crippen molar-refractivity contribution >= 4 is 17.6 Å². The van der Waals surface area contributed by atoms with Crippen molar-refractivity contribution in [2.75, 3.05) is 5.32 Å². The summed E-state index contributed by atoms with van der Waals surface area (Å²) in [6.07, 6.45) is 2.94. The molecule has 0 aliphatic heterocycles. The quantitative estimate of drug-likeness (QED) is 0.132. The first kappa shape index (κ1) is 27.9. The smallest absolute Gasteiger partial charge is 0.0721 e. The van der Waals surface area contributed by atoms with Crippen LogP contribution in [0.25, 0.3) is 0 Å². The van der Waals surface area contributed by atoms with Crippen molar-refractivity contribution in [3.8, 4) is 0 Å². The highest BCUT2D eigenvalue weighted by Crippen LogP contribution is 2.49. The number of nitrogens with zero attached hydrogens (tertiary/aromatic N) is 1. The van der Waals surface area contributed by atoms with E-state index in [2.05, 4.69) is 152 Å². The van der Waals surface area contributed by atoms with Gasteiger partial charge in [0.1, 0.15) is 0 Å². The lowest BCUT2D eigenvalue weighted by Crippen LogP contribution is -2.32. The summed E-state index contributed by atoms with van der Waals surface area (Å²) in [5, 5.41) is 4.04. The summed E-state index contributed by atoms with van der Waals surface area (Å²) in [5.74, 6) is 0. The average Bonchev–Trinajstić information content (AvgIpc) is 3.09. The Hall–Kier alpha value is -5.21. The van der Waals surface area contributed by atoms with Gasteiger partial charge in [-0.15, -0.1) is 0 Å². The summed E-state index contributed by atoms with van der Waals surface area (Å²) in [6.45, 7) is 2.24. The molecule has 1 atom stereocenters. The summed E-state index contributed by atoms with van der Waals surface area (Å²) >= 11 is 0. The van der Waals surface area contributed by atoms with Crippen molar-refractivity contribution in [2.24, 2.45) is 4.99 Å². The van der Waals surface area contributed by atoms with E-state index in [1.807, 2.05) is 36.5 Å². The molecular formula is C41H36N2. The van der Waals surface area contributed by atoms with Crippen LogP contribution in [0, 0.1) is 0 Å². The van der Waals surface area contributed by atoms with Gasteiger partial charge in [0.15, 0.2) is 0 Å². The third-order valence-electron chi connectivity index (χ3n) is 8.16. The predicted molar refractivity (Wildman–Crippen MR) is 182 cm³/mol. The highest BCUT2D eigenvalue weighted by atomic mass is 14.9. The van der Waals surface area contributed by atoms with Gasteiger partial charge in [-0.25, -0.2) is 0 Å². The Morgan fingerprint density at radius 2 is 1.02 bits per heavy atom. The Balaban J connectivity index is 1.67. The van der Waals surface area contributed by atoms with Crippen LogP contribution in [0.4, 0.5) is 11.4 Å². The van der Waals surface area contributed by atoms with Gasteiger partial charge in [0.05, 0.1) is 17.1 Å². The van der Waals surface area contributed by atoms with Gasteiger partial charge in [-0.1, -0.05) is 165 Å². The van der Waals surface area contributed by atoms with E-state index in [1.165, 1.54) is 27.8 Å². The van der Waals surface area contributed by atoms with Gasteiger partial charge in [0.25, 0.3) is 0 Å². The third-order valence-corrected chi connectivity index (χ3v) is 8.16. The minimum Gasteiger partial charge on any atom is -0.377 e. The number of hydrogen-bond donors (Lipinski definition) is 1. The molecule has 43 heavy (non-hydrogen) atoms. The molecule has 0 amide bonds. The molecule has 0 aliphatic carbocycles. The van der Waals surface area contributed by atoms with Crippen molar-refractivity contribution in [3.63, 3.8) is 0 Å². The number of benzene rings is 6. The lowest BCUT2D eigenvalue weighted by molar-refractivity contribution is 0.721. The molecule has 210 valence electrons. The minimum atomic E-state index is -0.586. The Kier molecular flexibility index (Phi) is 8.56. The second-order valence-electron chi connectivity index (χ2n) is 10.7. The normalized spacial score (nSPS) is 12.2. The molecule has 0 fully saturated rings. The van der Waals surface area contributed by atoms with Gasteiger partial charge in [0.2, 0.25) is 0 Å². The van der Waals surface area contributed by atoms with Gasteiger partial charge in [-0.2, -0.15) is 0 Å². The number of aliphatic imine (C=N–C) groups is 1. The molecule has 0 spiro atoms. The molecule has 6 aromatic carbocycles. The van der Waals surface area contributed by atoms with E-state index in [-0.39, 0.29) is 6.04 Å². The molecule has 2 heteroatoms. The number of hydrogen-bond acceptors (Lipinski definition) is 2. The number of anilines is 1. The second kappa shape index (κ2) is 13.2. The monoisotopic (exact) mass is 556 g/mol. The lowest BCUT2D eigenvalue weighted by Gasteiger charge is -2.39. The maximum atomic E-state index is 4.92. The van der Waals surface area contributed by atoms with E-state index >= 15 is 0 Å². The molecule has 0 aliphatic rings. The molecule has 0 saturated heterocycles. The molecular weight excluding hydrogens is 520 g/mol. The molecule has 6 rings (SSSR count). The maximum Gasteiger partial charge on any atom is 0.0721 e. The van der Waals surface area contributed by atoms with E-state index in [1.54, 1.807) is 0 Å². The topological polar surface area (TPSA) is 24.4 Å². The van der Waals surface area contributed by atoms with Gasteiger partial charge in [0, 0.05) is 17.5 Å². The molecule has 0 heterocycles. The molecule has 0 radical (unpaired) electrons. The fraction of sp³-hybridized carbons (Fsp3) is 0.0976. The predicted octanol–water partition coefficient (Wildman–Crippen LogP) is 10.4. The average molecular weight is 557 g/mol. The van der Waals surface area contributed by atoms with Crippen LogP contribution in [-0.4, -0.2) is 6.21 Å². The first-order valence-corrected chi connectivity index (χ1v) is 15.0. The Morgan fingerprint density at radius 3 is 1.51 bits per heavy atom. The molecule has 1 N–H and O–H groups in total.